The van der Waals surface area contributed by atoms with Crippen LogP contribution in [-0.4, -0.2) is 22.4 Å². The van der Waals surface area contributed by atoms with Gasteiger partial charge in [0.25, 0.3) is 0 Å². The van der Waals surface area contributed by atoms with E-state index < -0.39 is 0 Å². The molecule has 0 saturated carbocycles. The second-order valence-electron chi connectivity index (χ2n) is 4.04. The van der Waals surface area contributed by atoms with Crippen molar-refractivity contribution in [3.05, 3.63) is 35.9 Å². The van der Waals surface area contributed by atoms with Crippen LogP contribution in [0.1, 0.15) is 24.4 Å². The molecule has 1 aromatic rings. The van der Waals surface area contributed by atoms with Gasteiger partial charge >= 0.3 is 0 Å². The van der Waals surface area contributed by atoms with Crippen LogP contribution in [0.25, 0.3) is 0 Å². The summed E-state index contributed by atoms with van der Waals surface area (Å²) in [7, 11) is 2.24. The Bertz CT molecular complexity index is 286. The number of halogens is 1. The zero-order valence-electron chi connectivity index (χ0n) is 8.49. The molecule has 1 aliphatic heterocycles. The number of piperidine rings is 1. The molecule has 0 amide bonds. The standard InChI is InChI=1S/C12H16IN/c1-14-9-11(13)7-8-12(14)10-5-3-2-4-6-10/h2-6,11-12H,7-9H2,1H3/t11-,12+/m0/s1. The minimum atomic E-state index is 0.641. The van der Waals surface area contributed by atoms with Gasteiger partial charge in [-0.05, 0) is 25.5 Å². The average molecular weight is 301 g/mol. The second-order valence-corrected chi connectivity index (χ2v) is 5.80. The number of hydrogen-bond donors (Lipinski definition) is 0. The van der Waals surface area contributed by atoms with E-state index in [0.717, 1.165) is 3.92 Å². The van der Waals surface area contributed by atoms with E-state index in [4.69, 9.17) is 0 Å². The highest BCUT2D eigenvalue weighted by Gasteiger charge is 2.24. The average Bonchev–Trinajstić information content (AvgIpc) is 2.19. The van der Waals surface area contributed by atoms with Crippen molar-refractivity contribution in [2.45, 2.75) is 22.8 Å². The van der Waals surface area contributed by atoms with Gasteiger partial charge in [0.15, 0.2) is 0 Å². The Labute approximate surface area is 99.6 Å². The quantitative estimate of drug-likeness (QED) is 0.568. The van der Waals surface area contributed by atoms with Gasteiger partial charge < -0.3 is 0 Å². The first-order valence-electron chi connectivity index (χ1n) is 5.16. The number of nitrogens with zero attached hydrogens (tertiary/aromatic N) is 1. The summed E-state index contributed by atoms with van der Waals surface area (Å²) in [6, 6.07) is 11.5. The second kappa shape index (κ2) is 4.62. The molecule has 2 heteroatoms. The Morgan fingerprint density at radius 2 is 1.93 bits per heavy atom. The molecule has 0 spiro atoms. The first-order valence-corrected chi connectivity index (χ1v) is 6.41. The van der Waals surface area contributed by atoms with Crippen LogP contribution in [0.4, 0.5) is 0 Å². The molecule has 1 nitrogen and oxygen atoms in total. The van der Waals surface area contributed by atoms with E-state index in [1.165, 1.54) is 24.9 Å². The Morgan fingerprint density at radius 1 is 1.21 bits per heavy atom. The molecule has 2 atom stereocenters. The van der Waals surface area contributed by atoms with Crippen molar-refractivity contribution in [1.29, 1.82) is 0 Å². The Balaban J connectivity index is 2.12. The van der Waals surface area contributed by atoms with Crippen LogP contribution in [0.3, 0.4) is 0 Å². The molecule has 0 bridgehead atoms. The van der Waals surface area contributed by atoms with Gasteiger partial charge in [0.2, 0.25) is 0 Å². The molecule has 2 rings (SSSR count). The topological polar surface area (TPSA) is 3.24 Å². The fraction of sp³-hybridized carbons (Fsp3) is 0.500. The van der Waals surface area contributed by atoms with Crippen LogP contribution in [-0.2, 0) is 0 Å². The zero-order chi connectivity index (χ0) is 9.97. The van der Waals surface area contributed by atoms with Crippen molar-refractivity contribution in [3.8, 4) is 0 Å². The van der Waals surface area contributed by atoms with Crippen LogP contribution in [0.5, 0.6) is 0 Å². The van der Waals surface area contributed by atoms with Crippen molar-refractivity contribution in [2.75, 3.05) is 13.6 Å². The summed E-state index contributed by atoms with van der Waals surface area (Å²) < 4.78 is 0.831. The molecular weight excluding hydrogens is 285 g/mol. The van der Waals surface area contributed by atoms with E-state index in [-0.39, 0.29) is 0 Å². The van der Waals surface area contributed by atoms with Gasteiger partial charge in [-0.3, -0.25) is 4.90 Å². The van der Waals surface area contributed by atoms with Crippen LogP contribution < -0.4 is 0 Å². The molecule has 14 heavy (non-hydrogen) atoms. The Morgan fingerprint density at radius 3 is 2.57 bits per heavy atom. The summed E-state index contributed by atoms with van der Waals surface area (Å²) in [6.07, 6.45) is 2.65. The molecule has 1 aromatic carbocycles. The highest BCUT2D eigenvalue weighted by molar-refractivity contribution is 14.1. The van der Waals surface area contributed by atoms with E-state index in [9.17, 15) is 0 Å². The molecular formula is C12H16IN. The van der Waals surface area contributed by atoms with E-state index in [1.54, 1.807) is 0 Å². The van der Waals surface area contributed by atoms with Gasteiger partial charge in [0, 0.05) is 16.5 Å². The van der Waals surface area contributed by atoms with Crippen molar-refractivity contribution in [3.63, 3.8) is 0 Å². The van der Waals surface area contributed by atoms with Crippen molar-refractivity contribution in [2.24, 2.45) is 0 Å². The molecule has 1 fully saturated rings. The van der Waals surface area contributed by atoms with Crippen molar-refractivity contribution < 1.29 is 0 Å². The molecule has 76 valence electrons. The SMILES string of the molecule is CN1C[C@@H](I)CC[C@@H]1c1ccccc1. The van der Waals surface area contributed by atoms with Crippen LogP contribution in [0.2, 0.25) is 0 Å². The normalized spacial score (nSPS) is 29.0. The van der Waals surface area contributed by atoms with Crippen LogP contribution in [0.15, 0.2) is 30.3 Å². The van der Waals surface area contributed by atoms with Gasteiger partial charge in [-0.1, -0.05) is 52.9 Å². The van der Waals surface area contributed by atoms with E-state index in [0.29, 0.717) is 6.04 Å². The van der Waals surface area contributed by atoms with Crippen molar-refractivity contribution in [1.82, 2.24) is 4.90 Å². The highest BCUT2D eigenvalue weighted by atomic mass is 127. The maximum atomic E-state index is 2.56. The van der Waals surface area contributed by atoms with Gasteiger partial charge in [-0.2, -0.15) is 0 Å². The summed E-state index contributed by atoms with van der Waals surface area (Å²) in [5.41, 5.74) is 1.47. The van der Waals surface area contributed by atoms with Crippen LogP contribution in [0, 0.1) is 0 Å². The molecule has 1 heterocycles. The summed E-state index contributed by atoms with van der Waals surface area (Å²) >= 11 is 2.56. The van der Waals surface area contributed by atoms with Crippen molar-refractivity contribution >= 4 is 22.6 Å². The molecule has 0 unspecified atom stereocenters. The minimum absolute atomic E-state index is 0.641. The fourth-order valence-electron chi connectivity index (χ4n) is 2.19. The molecule has 0 radical (unpaired) electrons. The maximum Gasteiger partial charge on any atom is 0.0345 e. The number of rotatable bonds is 1. The maximum absolute atomic E-state index is 2.56. The summed E-state index contributed by atoms with van der Waals surface area (Å²) in [4.78, 5) is 2.48. The van der Waals surface area contributed by atoms with E-state index in [2.05, 4.69) is 64.9 Å². The molecule has 0 aliphatic carbocycles. The summed E-state index contributed by atoms with van der Waals surface area (Å²) in [6.45, 7) is 1.22. The first kappa shape index (κ1) is 10.4. The Kier molecular flexibility index (Phi) is 3.44. The van der Waals surface area contributed by atoms with E-state index >= 15 is 0 Å². The van der Waals surface area contributed by atoms with Gasteiger partial charge in [0.05, 0.1) is 0 Å². The highest BCUT2D eigenvalue weighted by Crippen LogP contribution is 2.31. The lowest BCUT2D eigenvalue weighted by molar-refractivity contribution is 0.196. The van der Waals surface area contributed by atoms with E-state index in [1.807, 2.05) is 0 Å². The lowest BCUT2D eigenvalue weighted by Gasteiger charge is -2.35. The Hall–Kier alpha value is -0.0900. The number of benzene rings is 1. The summed E-state index contributed by atoms with van der Waals surface area (Å²) in [5, 5.41) is 0. The minimum Gasteiger partial charge on any atom is -0.298 e. The molecule has 1 aliphatic rings. The third-order valence-electron chi connectivity index (χ3n) is 2.96. The first-order chi connectivity index (χ1) is 6.77. The number of likely N-dealkylation sites (tertiary alicyclic amines) is 1. The fourth-order valence-corrected chi connectivity index (χ4v) is 3.17. The molecule has 0 aromatic heterocycles. The smallest absolute Gasteiger partial charge is 0.0345 e. The lowest BCUT2D eigenvalue weighted by Crippen LogP contribution is -2.35. The largest absolute Gasteiger partial charge is 0.298 e. The zero-order valence-corrected chi connectivity index (χ0v) is 10.6. The third-order valence-corrected chi connectivity index (χ3v) is 3.97. The van der Waals surface area contributed by atoms with Crippen LogP contribution >= 0.6 is 22.6 Å². The van der Waals surface area contributed by atoms with Gasteiger partial charge in [0.1, 0.15) is 0 Å². The van der Waals surface area contributed by atoms with Gasteiger partial charge in [-0.15, -0.1) is 0 Å². The predicted molar refractivity (Wildman–Crippen MR) is 68.9 cm³/mol. The molecule has 0 N–H and O–H groups in total. The lowest BCUT2D eigenvalue weighted by atomic mass is 9.96. The summed E-state index contributed by atoms with van der Waals surface area (Å²) in [5.74, 6) is 0. The number of hydrogen-bond acceptors (Lipinski definition) is 1. The predicted octanol–water partition coefficient (Wildman–Crippen LogP) is 3.26. The third kappa shape index (κ3) is 2.28. The molecule has 1 saturated heterocycles. The number of alkyl halides is 1. The van der Waals surface area contributed by atoms with Gasteiger partial charge in [-0.25, -0.2) is 0 Å². The monoisotopic (exact) mass is 301 g/mol.